The molecule has 0 aromatic rings. The second-order valence-corrected chi connectivity index (χ2v) is 5.99. The van der Waals surface area contributed by atoms with Crippen molar-refractivity contribution >= 4 is 9.84 Å². The van der Waals surface area contributed by atoms with E-state index in [0.29, 0.717) is 6.54 Å². The Morgan fingerprint density at radius 1 is 1.38 bits per heavy atom. The molecule has 5 heteroatoms. The molecule has 0 aliphatic heterocycles. The fourth-order valence-corrected chi connectivity index (χ4v) is 2.17. The lowest BCUT2D eigenvalue weighted by Gasteiger charge is -2.24. The topological polar surface area (TPSA) is 80.4 Å². The normalized spacial score (nSPS) is 17.4. The van der Waals surface area contributed by atoms with Gasteiger partial charge in [0.2, 0.25) is 0 Å². The largest absolute Gasteiger partial charge is 0.392 e. The standard InChI is InChI=1S/C8H19NO3S/c1-6(2)7(4-9)8(10)5-13(3,11)12/h6-8,10H,4-5,9H2,1-3H3. The molecule has 0 heterocycles. The highest BCUT2D eigenvalue weighted by Gasteiger charge is 2.24. The number of sulfone groups is 1. The van der Waals surface area contributed by atoms with Gasteiger partial charge in [-0.15, -0.1) is 0 Å². The summed E-state index contributed by atoms with van der Waals surface area (Å²) in [5.41, 5.74) is 5.44. The third-order valence-electron chi connectivity index (χ3n) is 2.10. The first-order valence-corrected chi connectivity index (χ1v) is 6.40. The van der Waals surface area contributed by atoms with Gasteiger partial charge < -0.3 is 10.8 Å². The zero-order valence-electron chi connectivity index (χ0n) is 8.40. The van der Waals surface area contributed by atoms with Gasteiger partial charge in [0, 0.05) is 12.2 Å². The number of hydrogen-bond acceptors (Lipinski definition) is 4. The highest BCUT2D eigenvalue weighted by atomic mass is 32.2. The second-order valence-electron chi connectivity index (χ2n) is 3.80. The highest BCUT2D eigenvalue weighted by Crippen LogP contribution is 2.15. The summed E-state index contributed by atoms with van der Waals surface area (Å²) in [6.07, 6.45) is 0.268. The van der Waals surface area contributed by atoms with Crippen LogP contribution in [0.3, 0.4) is 0 Å². The fraction of sp³-hybridized carbons (Fsp3) is 1.00. The fourth-order valence-electron chi connectivity index (χ4n) is 1.31. The van der Waals surface area contributed by atoms with E-state index in [0.717, 1.165) is 6.26 Å². The zero-order valence-corrected chi connectivity index (χ0v) is 9.21. The van der Waals surface area contributed by atoms with Crippen LogP contribution in [0.1, 0.15) is 13.8 Å². The molecule has 0 aromatic heterocycles. The number of hydrogen-bond donors (Lipinski definition) is 2. The number of nitrogens with two attached hydrogens (primary N) is 1. The van der Waals surface area contributed by atoms with Crippen LogP contribution in [-0.2, 0) is 9.84 Å². The minimum Gasteiger partial charge on any atom is -0.392 e. The molecule has 0 radical (unpaired) electrons. The van der Waals surface area contributed by atoms with Gasteiger partial charge in [0.1, 0.15) is 9.84 Å². The first kappa shape index (κ1) is 12.9. The Morgan fingerprint density at radius 3 is 2.08 bits per heavy atom. The van der Waals surface area contributed by atoms with E-state index < -0.39 is 15.9 Å². The predicted octanol–water partition coefficient (Wildman–Crippen LogP) is -0.377. The summed E-state index contributed by atoms with van der Waals surface area (Å²) >= 11 is 0. The molecule has 0 bridgehead atoms. The molecular formula is C8H19NO3S. The van der Waals surface area contributed by atoms with Gasteiger partial charge in [0.15, 0.2) is 0 Å². The maximum absolute atomic E-state index is 10.9. The number of rotatable bonds is 5. The molecule has 0 spiro atoms. The lowest BCUT2D eigenvalue weighted by atomic mass is 9.91. The molecule has 0 rings (SSSR count). The van der Waals surface area contributed by atoms with Gasteiger partial charge >= 0.3 is 0 Å². The predicted molar refractivity (Wildman–Crippen MR) is 53.1 cm³/mol. The molecule has 2 unspecified atom stereocenters. The van der Waals surface area contributed by atoms with E-state index in [1.54, 1.807) is 0 Å². The Balaban J connectivity index is 4.31. The van der Waals surface area contributed by atoms with Gasteiger partial charge in [-0.25, -0.2) is 8.42 Å². The van der Waals surface area contributed by atoms with Gasteiger partial charge in [-0.3, -0.25) is 0 Å². The Bertz CT molecular complexity index is 236. The van der Waals surface area contributed by atoms with Crippen molar-refractivity contribution in [3.63, 3.8) is 0 Å². The summed E-state index contributed by atoms with van der Waals surface area (Å²) in [4.78, 5) is 0. The lowest BCUT2D eigenvalue weighted by Crippen LogP contribution is -2.36. The van der Waals surface area contributed by atoms with E-state index in [4.69, 9.17) is 5.73 Å². The smallest absolute Gasteiger partial charge is 0.150 e. The van der Waals surface area contributed by atoms with Gasteiger partial charge in [-0.2, -0.15) is 0 Å². The molecule has 0 aliphatic rings. The van der Waals surface area contributed by atoms with Crippen molar-refractivity contribution in [1.29, 1.82) is 0 Å². The van der Waals surface area contributed by atoms with Gasteiger partial charge in [-0.05, 0) is 12.5 Å². The SMILES string of the molecule is CC(C)C(CN)C(O)CS(C)(=O)=O. The first-order valence-electron chi connectivity index (χ1n) is 4.33. The number of aliphatic hydroxyl groups excluding tert-OH is 1. The van der Waals surface area contributed by atoms with Crippen LogP contribution < -0.4 is 5.73 Å². The molecule has 0 saturated heterocycles. The van der Waals surface area contributed by atoms with Crippen molar-refractivity contribution in [1.82, 2.24) is 0 Å². The quantitative estimate of drug-likeness (QED) is 0.647. The maximum Gasteiger partial charge on any atom is 0.150 e. The molecular weight excluding hydrogens is 190 g/mol. The van der Waals surface area contributed by atoms with Crippen LogP contribution in [0.2, 0.25) is 0 Å². The minimum absolute atomic E-state index is 0.144. The van der Waals surface area contributed by atoms with E-state index in [1.807, 2.05) is 13.8 Å². The van der Waals surface area contributed by atoms with Gasteiger partial charge in [0.25, 0.3) is 0 Å². The van der Waals surface area contributed by atoms with Crippen molar-refractivity contribution in [2.24, 2.45) is 17.6 Å². The van der Waals surface area contributed by atoms with Crippen molar-refractivity contribution < 1.29 is 13.5 Å². The summed E-state index contributed by atoms with van der Waals surface area (Å²) in [5, 5.41) is 9.56. The zero-order chi connectivity index (χ0) is 10.6. The summed E-state index contributed by atoms with van der Waals surface area (Å²) in [7, 11) is -3.12. The summed E-state index contributed by atoms with van der Waals surface area (Å²) in [6.45, 7) is 4.15. The first-order chi connectivity index (χ1) is 5.78. The Kier molecular flexibility index (Phi) is 4.88. The van der Waals surface area contributed by atoms with Crippen LogP contribution in [0, 0.1) is 11.8 Å². The second kappa shape index (κ2) is 4.93. The highest BCUT2D eigenvalue weighted by molar-refractivity contribution is 7.90. The Hall–Kier alpha value is -0.130. The molecule has 0 amide bonds. The van der Waals surface area contributed by atoms with E-state index in [9.17, 15) is 13.5 Å². The van der Waals surface area contributed by atoms with Crippen molar-refractivity contribution in [3.05, 3.63) is 0 Å². The molecule has 0 fully saturated rings. The average molecular weight is 209 g/mol. The molecule has 0 aromatic carbocycles. The molecule has 80 valence electrons. The average Bonchev–Trinajstić information content (AvgIpc) is 1.82. The van der Waals surface area contributed by atoms with Crippen LogP contribution in [0.5, 0.6) is 0 Å². The van der Waals surface area contributed by atoms with E-state index in [1.165, 1.54) is 0 Å². The van der Waals surface area contributed by atoms with Crippen LogP contribution in [-0.4, -0.2) is 38.2 Å². The molecule has 13 heavy (non-hydrogen) atoms. The third kappa shape index (κ3) is 5.23. The van der Waals surface area contributed by atoms with Crippen LogP contribution in [0.25, 0.3) is 0 Å². The van der Waals surface area contributed by atoms with Gasteiger partial charge in [0.05, 0.1) is 11.9 Å². The van der Waals surface area contributed by atoms with Crippen molar-refractivity contribution in [3.8, 4) is 0 Å². The van der Waals surface area contributed by atoms with Crippen LogP contribution >= 0.6 is 0 Å². The van der Waals surface area contributed by atoms with Gasteiger partial charge in [-0.1, -0.05) is 13.8 Å². The lowest BCUT2D eigenvalue weighted by molar-refractivity contribution is 0.105. The molecule has 0 aliphatic carbocycles. The van der Waals surface area contributed by atoms with Crippen molar-refractivity contribution in [2.75, 3.05) is 18.6 Å². The summed E-state index contributed by atoms with van der Waals surface area (Å²) in [5.74, 6) is -0.149. The van der Waals surface area contributed by atoms with Crippen LogP contribution in [0.15, 0.2) is 0 Å². The van der Waals surface area contributed by atoms with E-state index >= 15 is 0 Å². The molecule has 2 atom stereocenters. The molecule has 0 saturated carbocycles. The monoisotopic (exact) mass is 209 g/mol. The van der Waals surface area contributed by atoms with E-state index in [-0.39, 0.29) is 17.6 Å². The minimum atomic E-state index is -3.12. The van der Waals surface area contributed by atoms with E-state index in [2.05, 4.69) is 0 Å². The number of aliphatic hydroxyl groups is 1. The summed E-state index contributed by atoms with van der Waals surface area (Å²) in [6, 6.07) is 0. The molecule has 4 nitrogen and oxygen atoms in total. The Labute approximate surface area is 80.1 Å². The Morgan fingerprint density at radius 2 is 1.85 bits per heavy atom. The third-order valence-corrected chi connectivity index (χ3v) is 3.04. The summed E-state index contributed by atoms with van der Waals surface area (Å²) < 4.78 is 21.8. The van der Waals surface area contributed by atoms with Crippen LogP contribution in [0.4, 0.5) is 0 Å². The maximum atomic E-state index is 10.9. The molecule has 3 N–H and O–H groups in total. The van der Waals surface area contributed by atoms with Crippen molar-refractivity contribution in [2.45, 2.75) is 20.0 Å².